The zero-order valence-corrected chi connectivity index (χ0v) is 9.57. The Labute approximate surface area is 91.3 Å². The van der Waals surface area contributed by atoms with E-state index in [0.717, 1.165) is 12.0 Å². The van der Waals surface area contributed by atoms with Crippen molar-refractivity contribution >= 4 is 5.97 Å². The molecule has 0 amide bonds. The summed E-state index contributed by atoms with van der Waals surface area (Å²) in [5.74, 6) is -0.323. The van der Waals surface area contributed by atoms with Gasteiger partial charge in [-0.2, -0.15) is 0 Å². The van der Waals surface area contributed by atoms with Crippen LogP contribution in [0.3, 0.4) is 0 Å². The molecule has 0 saturated heterocycles. The summed E-state index contributed by atoms with van der Waals surface area (Å²) in [4.78, 5) is 11.7. The Morgan fingerprint density at radius 2 is 1.87 bits per heavy atom. The molecule has 2 heteroatoms. The van der Waals surface area contributed by atoms with Crippen LogP contribution in [0.2, 0.25) is 0 Å². The van der Waals surface area contributed by atoms with E-state index in [-0.39, 0.29) is 18.0 Å². The van der Waals surface area contributed by atoms with Crippen LogP contribution in [0.25, 0.3) is 0 Å². The smallest absolute Gasteiger partial charge is 0.313 e. The third-order valence-electron chi connectivity index (χ3n) is 2.55. The fraction of sp³-hybridized carbons (Fsp3) is 0.462. The molecule has 0 aliphatic heterocycles. The van der Waals surface area contributed by atoms with Gasteiger partial charge in [0.1, 0.15) is 0 Å². The summed E-state index contributed by atoms with van der Waals surface area (Å²) in [5.41, 5.74) is 1.01. The maximum absolute atomic E-state index is 11.7. The van der Waals surface area contributed by atoms with Crippen molar-refractivity contribution in [3.63, 3.8) is 0 Å². The van der Waals surface area contributed by atoms with Gasteiger partial charge in [-0.15, -0.1) is 0 Å². The van der Waals surface area contributed by atoms with Gasteiger partial charge < -0.3 is 4.74 Å². The monoisotopic (exact) mass is 206 g/mol. The van der Waals surface area contributed by atoms with Crippen LogP contribution in [0.4, 0.5) is 0 Å². The molecule has 0 saturated carbocycles. The predicted molar refractivity (Wildman–Crippen MR) is 60.7 cm³/mol. The third kappa shape index (κ3) is 3.39. The lowest BCUT2D eigenvalue weighted by molar-refractivity contribution is -0.149. The molecule has 0 radical (unpaired) electrons. The lowest BCUT2D eigenvalue weighted by atomic mass is 10.0. The minimum atomic E-state index is -0.180. The highest BCUT2D eigenvalue weighted by Gasteiger charge is 2.17. The normalized spacial score (nSPS) is 14.3. The number of benzene rings is 1. The molecule has 2 unspecified atom stereocenters. The summed E-state index contributed by atoms with van der Waals surface area (Å²) in [6.45, 7) is 5.79. The largest absolute Gasteiger partial charge is 0.462 e. The van der Waals surface area contributed by atoms with Crippen LogP contribution in [0.5, 0.6) is 0 Å². The van der Waals surface area contributed by atoms with Crippen LogP contribution < -0.4 is 0 Å². The first kappa shape index (κ1) is 11.8. The molecule has 15 heavy (non-hydrogen) atoms. The Morgan fingerprint density at radius 1 is 1.27 bits per heavy atom. The van der Waals surface area contributed by atoms with Crippen LogP contribution >= 0.6 is 0 Å². The van der Waals surface area contributed by atoms with Gasteiger partial charge >= 0.3 is 5.97 Å². The summed E-state index contributed by atoms with van der Waals surface area (Å²) >= 11 is 0. The van der Waals surface area contributed by atoms with Gasteiger partial charge in [0.15, 0.2) is 0 Å². The van der Waals surface area contributed by atoms with Gasteiger partial charge in [0.2, 0.25) is 0 Å². The molecule has 0 aromatic heterocycles. The molecule has 1 aromatic rings. The number of hydrogen-bond donors (Lipinski definition) is 0. The van der Waals surface area contributed by atoms with Gasteiger partial charge in [0.25, 0.3) is 0 Å². The molecule has 0 N–H and O–H groups in total. The lowest BCUT2D eigenvalue weighted by Crippen LogP contribution is -2.19. The molecule has 0 aliphatic carbocycles. The summed E-state index contributed by atoms with van der Waals surface area (Å²) in [6.07, 6.45) is 0.858. The number of hydrogen-bond acceptors (Lipinski definition) is 2. The fourth-order valence-corrected chi connectivity index (χ4v) is 1.26. The fourth-order valence-electron chi connectivity index (χ4n) is 1.26. The Bertz CT molecular complexity index is 306. The summed E-state index contributed by atoms with van der Waals surface area (Å²) in [7, 11) is 0. The van der Waals surface area contributed by atoms with Crippen LogP contribution in [-0.2, 0) is 9.53 Å². The molecule has 82 valence electrons. The number of esters is 1. The molecule has 2 nitrogen and oxygen atoms in total. The Morgan fingerprint density at radius 3 is 2.40 bits per heavy atom. The van der Waals surface area contributed by atoms with Crippen molar-refractivity contribution in [1.82, 2.24) is 0 Å². The van der Waals surface area contributed by atoms with E-state index in [9.17, 15) is 4.79 Å². The van der Waals surface area contributed by atoms with Crippen molar-refractivity contribution in [2.75, 3.05) is 0 Å². The molecule has 1 aromatic carbocycles. The van der Waals surface area contributed by atoms with E-state index in [1.54, 1.807) is 0 Å². The molecule has 0 heterocycles. The first-order valence-corrected chi connectivity index (χ1v) is 5.40. The molecule has 0 bridgehead atoms. The van der Waals surface area contributed by atoms with Gasteiger partial charge in [0.05, 0.1) is 12.0 Å². The lowest BCUT2D eigenvalue weighted by Gasteiger charge is -2.15. The van der Waals surface area contributed by atoms with Crippen molar-refractivity contribution < 1.29 is 9.53 Å². The quantitative estimate of drug-likeness (QED) is 0.707. The maximum Gasteiger partial charge on any atom is 0.313 e. The van der Waals surface area contributed by atoms with E-state index in [1.165, 1.54) is 0 Å². The van der Waals surface area contributed by atoms with Crippen LogP contribution in [0.1, 0.15) is 38.7 Å². The zero-order valence-electron chi connectivity index (χ0n) is 9.57. The number of carbonyl (C=O) groups excluding carboxylic acids is 1. The van der Waals surface area contributed by atoms with Crippen LogP contribution in [-0.4, -0.2) is 12.1 Å². The van der Waals surface area contributed by atoms with Gasteiger partial charge in [-0.25, -0.2) is 0 Å². The average Bonchev–Trinajstić information content (AvgIpc) is 2.29. The maximum atomic E-state index is 11.7. The number of ether oxygens (including phenoxy) is 1. The second-order valence-corrected chi connectivity index (χ2v) is 3.79. The highest BCUT2D eigenvalue weighted by Crippen LogP contribution is 2.17. The Balaban J connectivity index is 2.61. The average molecular weight is 206 g/mol. The second kappa shape index (κ2) is 5.54. The minimum absolute atomic E-state index is 0.00339. The van der Waals surface area contributed by atoms with E-state index < -0.39 is 0 Å². The summed E-state index contributed by atoms with van der Waals surface area (Å²) < 4.78 is 5.28. The highest BCUT2D eigenvalue weighted by atomic mass is 16.5. The second-order valence-electron chi connectivity index (χ2n) is 3.79. The minimum Gasteiger partial charge on any atom is -0.462 e. The molecule has 0 spiro atoms. The Kier molecular flexibility index (Phi) is 4.35. The Hall–Kier alpha value is -1.31. The predicted octanol–water partition coefficient (Wildman–Crippen LogP) is 3.13. The molecule has 1 rings (SSSR count). The molecule has 2 atom stereocenters. The van der Waals surface area contributed by atoms with Gasteiger partial charge in [-0.05, 0) is 25.8 Å². The number of carbonyl (C=O) groups is 1. The van der Waals surface area contributed by atoms with Gasteiger partial charge in [-0.1, -0.05) is 37.3 Å². The third-order valence-corrected chi connectivity index (χ3v) is 2.55. The van der Waals surface area contributed by atoms with Gasteiger partial charge in [-0.3, -0.25) is 4.79 Å². The first-order valence-electron chi connectivity index (χ1n) is 5.40. The van der Waals surface area contributed by atoms with Crippen molar-refractivity contribution in [2.45, 2.75) is 39.2 Å². The standard InChI is InChI=1S/C13H18O2/c1-4-10(2)15-13(14)11(3)12-8-6-5-7-9-12/h5-11H,4H2,1-3H3. The topological polar surface area (TPSA) is 26.3 Å². The van der Waals surface area contributed by atoms with Crippen molar-refractivity contribution in [3.05, 3.63) is 35.9 Å². The van der Waals surface area contributed by atoms with E-state index in [2.05, 4.69) is 0 Å². The summed E-state index contributed by atoms with van der Waals surface area (Å²) in [5, 5.41) is 0. The van der Waals surface area contributed by atoms with Crippen LogP contribution in [0.15, 0.2) is 30.3 Å². The van der Waals surface area contributed by atoms with Crippen molar-refractivity contribution in [1.29, 1.82) is 0 Å². The SMILES string of the molecule is CCC(C)OC(=O)C(C)c1ccccc1. The molecule has 0 fully saturated rings. The van der Waals surface area contributed by atoms with Gasteiger partial charge in [0, 0.05) is 0 Å². The van der Waals surface area contributed by atoms with E-state index in [4.69, 9.17) is 4.74 Å². The molecular formula is C13H18O2. The van der Waals surface area contributed by atoms with Crippen molar-refractivity contribution in [2.24, 2.45) is 0 Å². The van der Waals surface area contributed by atoms with E-state index >= 15 is 0 Å². The van der Waals surface area contributed by atoms with Crippen LogP contribution in [0, 0.1) is 0 Å². The van der Waals surface area contributed by atoms with Crippen molar-refractivity contribution in [3.8, 4) is 0 Å². The highest BCUT2D eigenvalue weighted by molar-refractivity contribution is 5.77. The van der Waals surface area contributed by atoms with E-state index in [0.29, 0.717) is 0 Å². The molecule has 0 aliphatic rings. The number of rotatable bonds is 4. The first-order chi connectivity index (χ1) is 7.15. The zero-order chi connectivity index (χ0) is 11.3. The summed E-state index contributed by atoms with van der Waals surface area (Å²) in [6, 6.07) is 9.70. The van der Waals surface area contributed by atoms with E-state index in [1.807, 2.05) is 51.1 Å². The molecular weight excluding hydrogens is 188 g/mol.